The van der Waals surface area contributed by atoms with Crippen LogP contribution in [0, 0.1) is 0 Å². The molecule has 3 nitrogen and oxygen atoms in total. The van der Waals surface area contributed by atoms with Crippen LogP contribution in [0.3, 0.4) is 0 Å². The van der Waals surface area contributed by atoms with Crippen LogP contribution < -0.4 is 5.32 Å². The highest BCUT2D eigenvalue weighted by Crippen LogP contribution is 2.22. The van der Waals surface area contributed by atoms with Crippen molar-refractivity contribution in [2.24, 2.45) is 0 Å². The third kappa shape index (κ3) is 3.66. The zero-order valence-corrected chi connectivity index (χ0v) is 13.0. The van der Waals surface area contributed by atoms with Crippen molar-refractivity contribution < 1.29 is 4.79 Å². The Balaban J connectivity index is 1.84. The molecule has 0 bridgehead atoms. The van der Waals surface area contributed by atoms with Crippen LogP contribution in [-0.4, -0.2) is 29.6 Å². The van der Waals surface area contributed by atoms with Gasteiger partial charge in [-0.1, -0.05) is 29.8 Å². The molecule has 1 N–H and O–H groups in total. The van der Waals surface area contributed by atoms with Crippen LogP contribution in [0.5, 0.6) is 0 Å². The van der Waals surface area contributed by atoms with Gasteiger partial charge in [-0.15, -0.1) is 0 Å². The van der Waals surface area contributed by atoms with E-state index in [9.17, 15) is 4.79 Å². The molecule has 1 heterocycles. The average Bonchev–Trinajstić information content (AvgIpc) is 2.41. The topological polar surface area (TPSA) is 32.3 Å². The van der Waals surface area contributed by atoms with Crippen LogP contribution >= 0.6 is 11.6 Å². The lowest BCUT2D eigenvalue weighted by Crippen LogP contribution is -2.52. The van der Waals surface area contributed by atoms with E-state index in [1.54, 1.807) is 0 Å². The van der Waals surface area contributed by atoms with Gasteiger partial charge in [0.2, 0.25) is 0 Å². The molecule has 0 aromatic heterocycles. The second-order valence-electron chi connectivity index (χ2n) is 5.61. The molecule has 2 atom stereocenters. The summed E-state index contributed by atoms with van der Waals surface area (Å²) in [6, 6.07) is 8.49. The number of nitrogens with zero attached hydrogens (tertiary/aromatic N) is 1. The Morgan fingerprint density at radius 3 is 2.60 bits per heavy atom. The minimum absolute atomic E-state index is 0.0525. The van der Waals surface area contributed by atoms with Gasteiger partial charge in [-0.25, -0.2) is 4.79 Å². The fraction of sp³-hybridized carbons (Fsp3) is 0.562. The zero-order chi connectivity index (χ0) is 14.5. The molecule has 1 saturated heterocycles. The predicted molar refractivity (Wildman–Crippen MR) is 83.2 cm³/mol. The molecule has 110 valence electrons. The van der Waals surface area contributed by atoms with Gasteiger partial charge in [-0.2, -0.15) is 0 Å². The average molecular weight is 295 g/mol. The van der Waals surface area contributed by atoms with Crippen LogP contribution in [0.1, 0.15) is 38.7 Å². The van der Waals surface area contributed by atoms with E-state index in [4.69, 9.17) is 11.6 Å². The van der Waals surface area contributed by atoms with E-state index >= 15 is 0 Å². The fourth-order valence-electron chi connectivity index (χ4n) is 2.92. The van der Waals surface area contributed by atoms with Gasteiger partial charge in [-0.05, 0) is 51.2 Å². The molecular weight excluding hydrogens is 272 g/mol. The molecule has 2 amide bonds. The summed E-state index contributed by atoms with van der Waals surface area (Å²) < 4.78 is 0. The Hall–Kier alpha value is -1.22. The van der Waals surface area contributed by atoms with Gasteiger partial charge in [0.15, 0.2) is 0 Å². The number of nitrogens with one attached hydrogen (secondary N) is 1. The van der Waals surface area contributed by atoms with Crippen molar-refractivity contribution in [2.45, 2.75) is 51.6 Å². The maximum atomic E-state index is 12.3. The summed E-state index contributed by atoms with van der Waals surface area (Å²) in [6.45, 7) is 4.88. The number of hydrogen-bond acceptors (Lipinski definition) is 1. The van der Waals surface area contributed by atoms with Crippen molar-refractivity contribution in [3.63, 3.8) is 0 Å². The van der Waals surface area contributed by atoms with E-state index < -0.39 is 0 Å². The highest BCUT2D eigenvalue weighted by molar-refractivity contribution is 6.31. The second kappa shape index (κ2) is 6.98. The summed E-state index contributed by atoms with van der Waals surface area (Å²) in [6.07, 6.45) is 4.18. The number of likely N-dealkylation sites (tertiary alicyclic amines) is 1. The fourth-order valence-corrected chi connectivity index (χ4v) is 3.15. The summed E-state index contributed by atoms with van der Waals surface area (Å²) in [7, 11) is 0. The number of urea groups is 1. The molecule has 0 aliphatic carbocycles. The van der Waals surface area contributed by atoms with Crippen molar-refractivity contribution in [1.29, 1.82) is 0 Å². The third-order valence-electron chi connectivity index (χ3n) is 4.06. The van der Waals surface area contributed by atoms with E-state index in [-0.39, 0.29) is 6.03 Å². The number of hydrogen-bond donors (Lipinski definition) is 1. The molecule has 2 rings (SSSR count). The van der Waals surface area contributed by atoms with Crippen molar-refractivity contribution in [3.05, 3.63) is 34.9 Å². The maximum absolute atomic E-state index is 12.3. The van der Waals surface area contributed by atoms with Crippen LogP contribution in [-0.2, 0) is 6.42 Å². The SMILES string of the molecule is CC1CCCC(C)N1C(=O)NCCc1ccccc1Cl. The smallest absolute Gasteiger partial charge is 0.317 e. The molecule has 20 heavy (non-hydrogen) atoms. The molecular formula is C16H23ClN2O. The zero-order valence-electron chi connectivity index (χ0n) is 12.2. The van der Waals surface area contributed by atoms with Gasteiger partial charge in [0.05, 0.1) is 0 Å². The largest absolute Gasteiger partial charge is 0.338 e. The lowest BCUT2D eigenvalue weighted by atomic mass is 9.98. The van der Waals surface area contributed by atoms with Gasteiger partial charge in [-0.3, -0.25) is 0 Å². The summed E-state index contributed by atoms with van der Waals surface area (Å²) in [4.78, 5) is 14.3. The quantitative estimate of drug-likeness (QED) is 0.902. The molecule has 4 heteroatoms. The highest BCUT2D eigenvalue weighted by Gasteiger charge is 2.28. The monoisotopic (exact) mass is 294 g/mol. The highest BCUT2D eigenvalue weighted by atomic mass is 35.5. The van der Waals surface area contributed by atoms with Crippen molar-refractivity contribution in [1.82, 2.24) is 10.2 Å². The second-order valence-corrected chi connectivity index (χ2v) is 6.02. The van der Waals surface area contributed by atoms with Gasteiger partial charge in [0.25, 0.3) is 0 Å². The summed E-state index contributed by atoms with van der Waals surface area (Å²) in [5, 5.41) is 3.78. The Morgan fingerprint density at radius 2 is 1.95 bits per heavy atom. The number of amides is 2. The first-order valence-electron chi connectivity index (χ1n) is 7.39. The van der Waals surface area contributed by atoms with E-state index in [0.29, 0.717) is 18.6 Å². The standard InChI is InChI=1S/C16H23ClN2O/c1-12-6-5-7-13(2)19(12)16(20)18-11-10-14-8-3-4-9-15(14)17/h3-4,8-9,12-13H,5-7,10-11H2,1-2H3,(H,18,20). The Morgan fingerprint density at radius 1 is 1.30 bits per heavy atom. The first kappa shape index (κ1) is 15.2. The maximum Gasteiger partial charge on any atom is 0.317 e. The molecule has 1 aromatic carbocycles. The van der Waals surface area contributed by atoms with Crippen LogP contribution in [0.25, 0.3) is 0 Å². The number of piperidine rings is 1. The molecule has 0 saturated carbocycles. The van der Waals surface area contributed by atoms with Crippen molar-refractivity contribution in [3.8, 4) is 0 Å². The van der Waals surface area contributed by atoms with E-state index in [2.05, 4.69) is 19.2 Å². The molecule has 0 radical (unpaired) electrons. The molecule has 0 spiro atoms. The van der Waals surface area contributed by atoms with Gasteiger partial charge in [0.1, 0.15) is 0 Å². The number of benzene rings is 1. The number of carbonyl (C=O) groups is 1. The Bertz CT molecular complexity index is 454. The first-order valence-corrected chi connectivity index (χ1v) is 7.77. The number of rotatable bonds is 3. The van der Waals surface area contributed by atoms with Crippen LogP contribution in [0.15, 0.2) is 24.3 Å². The predicted octanol–water partition coefficient (Wildman–Crippen LogP) is 3.86. The first-order chi connectivity index (χ1) is 9.59. The molecule has 1 aromatic rings. The summed E-state index contributed by atoms with van der Waals surface area (Å²) >= 11 is 6.11. The van der Waals surface area contributed by atoms with E-state index in [1.165, 1.54) is 6.42 Å². The van der Waals surface area contributed by atoms with Crippen molar-refractivity contribution >= 4 is 17.6 Å². The van der Waals surface area contributed by atoms with Crippen molar-refractivity contribution in [2.75, 3.05) is 6.54 Å². The van der Waals surface area contributed by atoms with Gasteiger partial charge < -0.3 is 10.2 Å². The van der Waals surface area contributed by atoms with E-state index in [0.717, 1.165) is 29.8 Å². The molecule has 1 aliphatic heterocycles. The van der Waals surface area contributed by atoms with Crippen LogP contribution in [0.2, 0.25) is 5.02 Å². The molecule has 1 fully saturated rings. The molecule has 1 aliphatic rings. The normalized spacial score (nSPS) is 22.6. The molecule has 2 unspecified atom stereocenters. The Labute approximate surface area is 126 Å². The third-order valence-corrected chi connectivity index (χ3v) is 4.43. The van der Waals surface area contributed by atoms with Crippen LogP contribution in [0.4, 0.5) is 4.79 Å². The van der Waals surface area contributed by atoms with E-state index in [1.807, 2.05) is 29.2 Å². The Kier molecular flexibility index (Phi) is 5.30. The lowest BCUT2D eigenvalue weighted by molar-refractivity contribution is 0.123. The van der Waals surface area contributed by atoms with Gasteiger partial charge in [0, 0.05) is 23.7 Å². The lowest BCUT2D eigenvalue weighted by Gasteiger charge is -2.38. The summed E-state index contributed by atoms with van der Waals surface area (Å²) in [5.41, 5.74) is 1.08. The minimum Gasteiger partial charge on any atom is -0.338 e. The van der Waals surface area contributed by atoms with Gasteiger partial charge >= 0.3 is 6.03 Å². The summed E-state index contributed by atoms with van der Waals surface area (Å²) in [5.74, 6) is 0. The number of carbonyl (C=O) groups excluding carboxylic acids is 1. The number of halogens is 1. The minimum atomic E-state index is 0.0525.